The van der Waals surface area contributed by atoms with E-state index in [1.807, 2.05) is 37.3 Å². The van der Waals surface area contributed by atoms with E-state index in [0.717, 1.165) is 21.0 Å². The lowest BCUT2D eigenvalue weighted by Gasteiger charge is -2.33. The standard InChI is InChI=1S/C33H34ClN3O5S/c1-24-9-15-28(16-10-24)37(43(40,41)30-19-17-29(42-3)18-20-30)23-32(38)36(22-26-11-13-27(34)14-12-26)31(33(39)35-2)21-25-7-5-4-6-8-25/h4-20,31H,21-23H2,1-3H3,(H,35,39)/t31-/m0/s1. The first-order valence-electron chi connectivity index (χ1n) is 13.6. The van der Waals surface area contributed by atoms with E-state index in [0.29, 0.717) is 16.5 Å². The molecule has 0 spiro atoms. The molecule has 0 unspecified atom stereocenters. The van der Waals surface area contributed by atoms with E-state index in [1.54, 1.807) is 60.7 Å². The quantitative estimate of drug-likeness (QED) is 0.234. The number of carbonyl (C=O) groups is 2. The molecule has 0 aliphatic heterocycles. The first-order chi connectivity index (χ1) is 20.6. The zero-order valence-corrected chi connectivity index (χ0v) is 25.8. The van der Waals surface area contributed by atoms with Gasteiger partial charge in [-0.1, -0.05) is 71.8 Å². The fourth-order valence-corrected chi connectivity index (χ4v) is 6.16. The molecule has 1 atom stereocenters. The van der Waals surface area contributed by atoms with E-state index < -0.39 is 28.5 Å². The lowest BCUT2D eigenvalue weighted by atomic mass is 10.0. The zero-order chi connectivity index (χ0) is 31.0. The van der Waals surface area contributed by atoms with Crippen LogP contribution in [0, 0.1) is 6.92 Å². The minimum absolute atomic E-state index is 0.00179. The van der Waals surface area contributed by atoms with Crippen molar-refractivity contribution in [3.05, 3.63) is 125 Å². The Kier molecular flexibility index (Phi) is 10.4. The number of aryl methyl sites for hydroxylation is 1. The lowest BCUT2D eigenvalue weighted by Crippen LogP contribution is -2.53. The van der Waals surface area contributed by atoms with Crippen LogP contribution >= 0.6 is 11.6 Å². The summed E-state index contributed by atoms with van der Waals surface area (Å²) in [6.07, 6.45) is 0.232. The van der Waals surface area contributed by atoms with Gasteiger partial charge in [-0.3, -0.25) is 13.9 Å². The van der Waals surface area contributed by atoms with Crippen molar-refractivity contribution in [1.82, 2.24) is 10.2 Å². The summed E-state index contributed by atoms with van der Waals surface area (Å²) in [6.45, 7) is 1.42. The molecule has 8 nitrogen and oxygen atoms in total. The molecular formula is C33H34ClN3O5S. The van der Waals surface area contributed by atoms with Gasteiger partial charge in [0, 0.05) is 25.0 Å². The fraction of sp³-hybridized carbons (Fsp3) is 0.212. The second-order valence-corrected chi connectivity index (χ2v) is 12.3. The summed E-state index contributed by atoms with van der Waals surface area (Å²) < 4.78 is 34.4. The molecule has 4 rings (SSSR count). The maximum absolute atomic E-state index is 14.3. The number of hydrogen-bond donors (Lipinski definition) is 1. The molecule has 0 heterocycles. The number of halogens is 1. The number of likely N-dealkylation sites (N-methyl/N-ethyl adjacent to an activating group) is 1. The van der Waals surface area contributed by atoms with E-state index in [1.165, 1.54) is 31.2 Å². The molecular weight excluding hydrogens is 586 g/mol. The first kappa shape index (κ1) is 31.6. The van der Waals surface area contributed by atoms with E-state index in [2.05, 4.69) is 5.32 Å². The Morgan fingerprint density at radius 3 is 2.07 bits per heavy atom. The Balaban J connectivity index is 1.77. The van der Waals surface area contributed by atoms with Crippen LogP contribution in [-0.2, 0) is 32.6 Å². The van der Waals surface area contributed by atoms with E-state index in [9.17, 15) is 18.0 Å². The highest BCUT2D eigenvalue weighted by Gasteiger charge is 2.34. The van der Waals surface area contributed by atoms with Crippen molar-refractivity contribution >= 4 is 39.1 Å². The SMILES string of the molecule is CNC(=O)[C@H](Cc1ccccc1)N(Cc1ccc(Cl)cc1)C(=O)CN(c1ccc(C)cc1)S(=O)(=O)c1ccc(OC)cc1. The van der Waals surface area contributed by atoms with Gasteiger partial charge in [-0.15, -0.1) is 0 Å². The van der Waals surface area contributed by atoms with Gasteiger partial charge >= 0.3 is 0 Å². The zero-order valence-electron chi connectivity index (χ0n) is 24.2. The summed E-state index contributed by atoms with van der Waals surface area (Å²) in [5, 5.41) is 3.21. The topological polar surface area (TPSA) is 96.0 Å². The predicted octanol–water partition coefficient (Wildman–Crippen LogP) is 5.24. The van der Waals surface area contributed by atoms with Crippen LogP contribution in [0.2, 0.25) is 5.02 Å². The molecule has 2 amide bonds. The summed E-state index contributed by atoms with van der Waals surface area (Å²) in [4.78, 5) is 29.0. The average molecular weight is 620 g/mol. The van der Waals surface area contributed by atoms with E-state index >= 15 is 0 Å². The molecule has 0 aromatic heterocycles. The molecule has 224 valence electrons. The van der Waals surface area contributed by atoms with Crippen LogP contribution in [0.1, 0.15) is 16.7 Å². The predicted molar refractivity (Wildman–Crippen MR) is 169 cm³/mol. The third-order valence-corrected chi connectivity index (χ3v) is 9.07. The number of nitrogens with zero attached hydrogens (tertiary/aromatic N) is 2. The van der Waals surface area contributed by atoms with Crippen LogP contribution in [0.5, 0.6) is 5.75 Å². The van der Waals surface area contributed by atoms with Gasteiger partial charge in [-0.05, 0) is 66.6 Å². The molecule has 0 saturated heterocycles. The Bertz CT molecular complexity index is 1630. The normalized spacial score (nSPS) is 11.8. The van der Waals surface area contributed by atoms with Crippen LogP contribution in [-0.4, -0.2) is 51.9 Å². The number of benzene rings is 4. The van der Waals surface area contributed by atoms with Crippen LogP contribution in [0.25, 0.3) is 0 Å². The van der Waals surface area contributed by atoms with Gasteiger partial charge in [0.05, 0.1) is 17.7 Å². The van der Waals surface area contributed by atoms with Crippen molar-refractivity contribution in [3.8, 4) is 5.75 Å². The first-order valence-corrected chi connectivity index (χ1v) is 15.5. The number of methoxy groups -OCH3 is 1. The Morgan fingerprint density at radius 1 is 0.860 bits per heavy atom. The summed E-state index contributed by atoms with van der Waals surface area (Å²) in [6, 6.07) is 28.3. The second-order valence-electron chi connectivity index (χ2n) is 9.99. The number of amides is 2. The summed E-state index contributed by atoms with van der Waals surface area (Å²) >= 11 is 6.10. The third kappa shape index (κ3) is 7.94. The molecule has 0 aliphatic carbocycles. The highest BCUT2D eigenvalue weighted by Crippen LogP contribution is 2.27. The van der Waals surface area contributed by atoms with Gasteiger partial charge in [0.15, 0.2) is 0 Å². The number of nitrogens with one attached hydrogen (secondary N) is 1. The molecule has 10 heteroatoms. The Morgan fingerprint density at radius 2 is 1.49 bits per heavy atom. The van der Waals surface area contributed by atoms with Crippen LogP contribution in [0.4, 0.5) is 5.69 Å². The molecule has 0 bridgehead atoms. The average Bonchev–Trinajstić information content (AvgIpc) is 3.03. The number of anilines is 1. The van der Waals surface area contributed by atoms with Crippen LogP contribution < -0.4 is 14.4 Å². The third-order valence-electron chi connectivity index (χ3n) is 7.03. The molecule has 1 N–H and O–H groups in total. The van der Waals surface area contributed by atoms with Crippen LogP contribution in [0.3, 0.4) is 0 Å². The van der Waals surface area contributed by atoms with Crippen molar-refractivity contribution in [2.45, 2.75) is 30.8 Å². The van der Waals surface area contributed by atoms with Crippen molar-refractivity contribution in [1.29, 1.82) is 0 Å². The smallest absolute Gasteiger partial charge is 0.264 e. The van der Waals surface area contributed by atoms with Crippen molar-refractivity contribution in [2.75, 3.05) is 25.0 Å². The molecule has 4 aromatic rings. The second kappa shape index (κ2) is 14.2. The van der Waals surface area contributed by atoms with Gasteiger partial charge in [0.25, 0.3) is 10.0 Å². The molecule has 4 aromatic carbocycles. The Hall–Kier alpha value is -4.34. The van der Waals surface area contributed by atoms with Crippen LogP contribution in [0.15, 0.2) is 108 Å². The van der Waals surface area contributed by atoms with Gasteiger partial charge in [0.1, 0.15) is 18.3 Å². The lowest BCUT2D eigenvalue weighted by molar-refractivity contribution is -0.139. The molecule has 0 aliphatic rings. The van der Waals surface area contributed by atoms with E-state index in [-0.39, 0.29) is 23.8 Å². The maximum atomic E-state index is 14.3. The summed E-state index contributed by atoms with van der Waals surface area (Å²) in [5.41, 5.74) is 2.84. The molecule has 43 heavy (non-hydrogen) atoms. The van der Waals surface area contributed by atoms with Crippen molar-refractivity contribution in [2.24, 2.45) is 0 Å². The van der Waals surface area contributed by atoms with Crippen molar-refractivity contribution in [3.63, 3.8) is 0 Å². The molecule has 0 saturated carbocycles. The monoisotopic (exact) mass is 619 g/mol. The minimum atomic E-state index is -4.20. The molecule has 0 fully saturated rings. The minimum Gasteiger partial charge on any atom is -0.497 e. The van der Waals surface area contributed by atoms with Gasteiger partial charge in [-0.25, -0.2) is 8.42 Å². The summed E-state index contributed by atoms with van der Waals surface area (Å²) in [5.74, 6) is -0.413. The van der Waals surface area contributed by atoms with Gasteiger partial charge in [-0.2, -0.15) is 0 Å². The molecule has 0 radical (unpaired) electrons. The van der Waals surface area contributed by atoms with Gasteiger partial charge in [0.2, 0.25) is 11.8 Å². The highest BCUT2D eigenvalue weighted by molar-refractivity contribution is 7.92. The largest absolute Gasteiger partial charge is 0.497 e. The number of sulfonamides is 1. The highest BCUT2D eigenvalue weighted by atomic mass is 35.5. The van der Waals surface area contributed by atoms with Crippen molar-refractivity contribution < 1.29 is 22.7 Å². The number of ether oxygens (including phenoxy) is 1. The fourth-order valence-electron chi connectivity index (χ4n) is 4.62. The van der Waals surface area contributed by atoms with Gasteiger partial charge < -0.3 is 15.0 Å². The summed E-state index contributed by atoms with van der Waals surface area (Å²) in [7, 11) is -1.19. The maximum Gasteiger partial charge on any atom is 0.264 e. The van der Waals surface area contributed by atoms with E-state index in [4.69, 9.17) is 16.3 Å². The number of hydrogen-bond acceptors (Lipinski definition) is 5. The Labute approximate surface area is 257 Å². The number of carbonyl (C=O) groups excluding carboxylic acids is 2. The number of rotatable bonds is 12.